The lowest BCUT2D eigenvalue weighted by Crippen LogP contribution is -2.40. The highest BCUT2D eigenvalue weighted by Crippen LogP contribution is 2.24. The van der Waals surface area contributed by atoms with Crippen molar-refractivity contribution in [3.63, 3.8) is 0 Å². The van der Waals surface area contributed by atoms with Crippen LogP contribution in [0.25, 0.3) is 10.9 Å². The number of fused-ring (bicyclic) bond motifs is 1. The van der Waals surface area contributed by atoms with Crippen molar-refractivity contribution in [3.8, 4) is 11.9 Å². The van der Waals surface area contributed by atoms with Gasteiger partial charge in [0.1, 0.15) is 12.2 Å². The molecule has 4 rings (SSSR count). The Morgan fingerprint density at radius 3 is 2.72 bits per heavy atom. The zero-order valence-electron chi connectivity index (χ0n) is 15.6. The molecule has 1 aliphatic rings. The predicted molar refractivity (Wildman–Crippen MR) is 105 cm³/mol. The summed E-state index contributed by atoms with van der Waals surface area (Å²) in [6.45, 7) is 0. The third-order valence-corrected chi connectivity index (χ3v) is 5.05. The van der Waals surface area contributed by atoms with Crippen LogP contribution in [0.5, 0.6) is 5.88 Å². The van der Waals surface area contributed by atoms with Gasteiger partial charge in [0.25, 0.3) is 11.8 Å². The van der Waals surface area contributed by atoms with Crippen LogP contribution in [0.4, 0.5) is 0 Å². The third-order valence-electron chi connectivity index (χ3n) is 5.05. The standard InChI is InChI=1S/C21H19N5O3/c22-12-18-21(24-10-9-23-18)29-14-7-5-13(6-8-14)25-20(28)16-11-19(27)26-17-4-2-1-3-15(16)17/h1-4,9-11,13-14H,5-8H2,(H,25,28)(H,26,27). The Morgan fingerprint density at radius 1 is 1.17 bits per heavy atom. The molecule has 0 saturated heterocycles. The maximum absolute atomic E-state index is 12.8. The topological polar surface area (TPSA) is 121 Å². The number of nitriles is 1. The van der Waals surface area contributed by atoms with E-state index in [0.717, 1.165) is 25.7 Å². The van der Waals surface area contributed by atoms with Gasteiger partial charge in [-0.2, -0.15) is 5.26 Å². The number of carbonyl (C=O) groups excluding carboxylic acids is 1. The lowest BCUT2D eigenvalue weighted by atomic mass is 9.92. The molecule has 0 aliphatic heterocycles. The molecule has 29 heavy (non-hydrogen) atoms. The van der Waals surface area contributed by atoms with Gasteiger partial charge < -0.3 is 15.0 Å². The summed E-state index contributed by atoms with van der Waals surface area (Å²) in [6, 6.07) is 10.6. The molecule has 8 nitrogen and oxygen atoms in total. The summed E-state index contributed by atoms with van der Waals surface area (Å²) in [6.07, 6.45) is 5.79. The highest BCUT2D eigenvalue weighted by Gasteiger charge is 2.25. The van der Waals surface area contributed by atoms with E-state index in [9.17, 15) is 9.59 Å². The Kier molecular flexibility index (Phi) is 5.20. The van der Waals surface area contributed by atoms with Crippen molar-refractivity contribution in [1.29, 1.82) is 5.26 Å². The number of rotatable bonds is 4. The number of amides is 1. The molecule has 1 aliphatic carbocycles. The van der Waals surface area contributed by atoms with E-state index in [-0.39, 0.29) is 35.2 Å². The van der Waals surface area contributed by atoms with Crippen LogP contribution < -0.4 is 15.6 Å². The van der Waals surface area contributed by atoms with Crippen LogP contribution in [0.2, 0.25) is 0 Å². The van der Waals surface area contributed by atoms with Gasteiger partial charge in [-0.1, -0.05) is 18.2 Å². The Hall–Kier alpha value is -3.73. The molecule has 8 heteroatoms. The quantitative estimate of drug-likeness (QED) is 0.706. The fourth-order valence-electron chi connectivity index (χ4n) is 3.63. The van der Waals surface area contributed by atoms with E-state index in [4.69, 9.17) is 10.00 Å². The van der Waals surface area contributed by atoms with Crippen LogP contribution in [0.3, 0.4) is 0 Å². The highest BCUT2D eigenvalue weighted by atomic mass is 16.5. The first kappa shape index (κ1) is 18.6. The second kappa shape index (κ2) is 8.10. The van der Waals surface area contributed by atoms with Crippen LogP contribution in [-0.4, -0.2) is 33.0 Å². The molecule has 0 spiro atoms. The summed E-state index contributed by atoms with van der Waals surface area (Å²) in [7, 11) is 0. The summed E-state index contributed by atoms with van der Waals surface area (Å²) in [4.78, 5) is 35.4. The second-order valence-corrected chi connectivity index (χ2v) is 6.98. The molecule has 0 radical (unpaired) electrons. The number of nitrogens with zero attached hydrogens (tertiary/aromatic N) is 3. The lowest BCUT2D eigenvalue weighted by molar-refractivity contribution is 0.0891. The van der Waals surface area contributed by atoms with Crippen molar-refractivity contribution >= 4 is 16.8 Å². The van der Waals surface area contributed by atoms with Gasteiger partial charge in [0.15, 0.2) is 0 Å². The van der Waals surface area contributed by atoms with Crippen molar-refractivity contribution in [2.45, 2.75) is 37.8 Å². The van der Waals surface area contributed by atoms with Crippen LogP contribution in [0.1, 0.15) is 41.7 Å². The number of hydrogen-bond donors (Lipinski definition) is 2. The van der Waals surface area contributed by atoms with Crippen LogP contribution in [0, 0.1) is 11.3 Å². The number of para-hydroxylation sites is 1. The molecular formula is C21H19N5O3. The highest BCUT2D eigenvalue weighted by molar-refractivity contribution is 6.06. The largest absolute Gasteiger partial charge is 0.472 e. The van der Waals surface area contributed by atoms with E-state index < -0.39 is 0 Å². The molecule has 1 fully saturated rings. The molecule has 0 bridgehead atoms. The fraction of sp³-hybridized carbons (Fsp3) is 0.286. The Labute approximate surface area is 166 Å². The first-order valence-electron chi connectivity index (χ1n) is 9.44. The van der Waals surface area contributed by atoms with Gasteiger partial charge >= 0.3 is 0 Å². The number of nitrogens with one attached hydrogen (secondary N) is 2. The number of carbonyl (C=O) groups is 1. The lowest BCUT2D eigenvalue weighted by Gasteiger charge is -2.29. The van der Waals surface area contributed by atoms with Crippen molar-refractivity contribution in [2.75, 3.05) is 0 Å². The Morgan fingerprint density at radius 2 is 1.93 bits per heavy atom. The molecule has 0 atom stereocenters. The fourth-order valence-corrected chi connectivity index (χ4v) is 3.63. The minimum absolute atomic E-state index is 0.00213. The Bertz CT molecular complexity index is 1140. The van der Waals surface area contributed by atoms with E-state index >= 15 is 0 Å². The number of ether oxygens (including phenoxy) is 1. The molecule has 1 saturated carbocycles. The zero-order chi connectivity index (χ0) is 20.2. The van der Waals surface area contributed by atoms with Crippen LogP contribution in [0.15, 0.2) is 47.5 Å². The second-order valence-electron chi connectivity index (χ2n) is 6.98. The molecule has 146 valence electrons. The van der Waals surface area contributed by atoms with Gasteiger partial charge in [-0.25, -0.2) is 9.97 Å². The number of aromatic nitrogens is 3. The van der Waals surface area contributed by atoms with Crippen molar-refractivity contribution < 1.29 is 9.53 Å². The molecule has 1 aromatic carbocycles. The summed E-state index contributed by atoms with van der Waals surface area (Å²) in [5, 5.41) is 12.8. The van der Waals surface area contributed by atoms with Crippen molar-refractivity contribution in [3.05, 3.63) is 64.3 Å². The van der Waals surface area contributed by atoms with Crippen LogP contribution in [-0.2, 0) is 0 Å². The SMILES string of the molecule is N#Cc1nccnc1OC1CCC(NC(=O)c2cc(=O)[nH]c3ccccc23)CC1. The van der Waals surface area contributed by atoms with Gasteiger partial charge in [-0.3, -0.25) is 9.59 Å². The normalized spacial score (nSPS) is 18.7. The summed E-state index contributed by atoms with van der Waals surface area (Å²) >= 11 is 0. The first-order valence-corrected chi connectivity index (χ1v) is 9.44. The molecule has 2 heterocycles. The van der Waals surface area contributed by atoms with E-state index in [2.05, 4.69) is 20.3 Å². The predicted octanol–water partition coefficient (Wildman–Crippen LogP) is 2.31. The van der Waals surface area contributed by atoms with Crippen LogP contribution >= 0.6 is 0 Å². The zero-order valence-corrected chi connectivity index (χ0v) is 15.6. The molecule has 2 aromatic heterocycles. The monoisotopic (exact) mass is 389 g/mol. The summed E-state index contributed by atoms with van der Waals surface area (Å²) in [5.74, 6) is -0.00479. The average molecular weight is 389 g/mol. The average Bonchev–Trinajstić information content (AvgIpc) is 2.75. The minimum atomic E-state index is -0.303. The first-order chi connectivity index (χ1) is 14.1. The van der Waals surface area contributed by atoms with E-state index in [1.165, 1.54) is 18.5 Å². The Balaban J connectivity index is 1.40. The van der Waals surface area contributed by atoms with Crippen molar-refractivity contribution in [2.24, 2.45) is 0 Å². The van der Waals surface area contributed by atoms with E-state index in [0.29, 0.717) is 16.5 Å². The van der Waals surface area contributed by atoms with Crippen molar-refractivity contribution in [1.82, 2.24) is 20.3 Å². The van der Waals surface area contributed by atoms with E-state index in [1.807, 2.05) is 24.3 Å². The summed E-state index contributed by atoms with van der Waals surface area (Å²) in [5.41, 5.74) is 0.882. The van der Waals surface area contributed by atoms with Gasteiger partial charge in [0.2, 0.25) is 11.3 Å². The van der Waals surface area contributed by atoms with Gasteiger partial charge in [0, 0.05) is 35.4 Å². The minimum Gasteiger partial charge on any atom is -0.472 e. The third kappa shape index (κ3) is 4.09. The number of hydrogen-bond acceptors (Lipinski definition) is 6. The number of pyridine rings is 1. The summed E-state index contributed by atoms with van der Waals surface area (Å²) < 4.78 is 5.83. The van der Waals surface area contributed by atoms with Gasteiger partial charge in [-0.05, 0) is 31.7 Å². The van der Waals surface area contributed by atoms with Gasteiger partial charge in [0.05, 0.1) is 5.56 Å². The maximum atomic E-state index is 12.8. The molecule has 2 N–H and O–H groups in total. The maximum Gasteiger partial charge on any atom is 0.252 e. The molecule has 1 amide bonds. The van der Waals surface area contributed by atoms with E-state index in [1.54, 1.807) is 6.07 Å². The van der Waals surface area contributed by atoms with Gasteiger partial charge in [-0.15, -0.1) is 0 Å². The number of benzene rings is 1. The molecule has 3 aromatic rings. The molecule has 0 unspecified atom stereocenters. The number of H-pyrrole nitrogens is 1. The smallest absolute Gasteiger partial charge is 0.252 e. The molecular weight excluding hydrogens is 370 g/mol. The number of aromatic amines is 1.